The Morgan fingerprint density at radius 1 is 1.07 bits per heavy atom. The van der Waals surface area contributed by atoms with Crippen molar-refractivity contribution in [2.75, 3.05) is 32.7 Å². The van der Waals surface area contributed by atoms with Crippen molar-refractivity contribution in [3.05, 3.63) is 35.9 Å². The Hall–Kier alpha value is -2.02. The molecule has 0 aromatic heterocycles. The lowest BCUT2D eigenvalue weighted by atomic mass is 9.95. The van der Waals surface area contributed by atoms with Gasteiger partial charge >= 0.3 is 0 Å². The van der Waals surface area contributed by atoms with E-state index in [9.17, 15) is 18.4 Å². The predicted molar refractivity (Wildman–Crippen MR) is 103 cm³/mol. The van der Waals surface area contributed by atoms with Crippen molar-refractivity contribution in [3.8, 4) is 0 Å². The number of halogens is 2. The molecule has 1 N–H and O–H groups in total. The number of rotatable bonds is 6. The zero-order valence-corrected chi connectivity index (χ0v) is 16.2. The van der Waals surface area contributed by atoms with Crippen LogP contribution in [0.1, 0.15) is 31.2 Å². The number of carbonyl (C=O) groups is 2. The molecule has 5 nitrogen and oxygen atoms in total. The Morgan fingerprint density at radius 3 is 2.46 bits per heavy atom. The standard InChI is InChI=1S/C21H29F2N3O2/c22-19(23)15-25-11-8-18(9-12-25)24-21(28)17-7-4-10-26(14-17)20(27)13-16-5-2-1-3-6-16/h1-3,5-6,17-19H,4,7-15H2,(H,24,28)/t17-/m1/s1. The SMILES string of the molecule is O=C(NC1CCN(CC(F)F)CC1)[C@@H]1CCCN(C(=O)Cc2ccccc2)C1. The van der Waals surface area contributed by atoms with Gasteiger partial charge in [0.2, 0.25) is 11.8 Å². The molecule has 0 bridgehead atoms. The van der Waals surface area contributed by atoms with Crippen LogP contribution >= 0.6 is 0 Å². The molecule has 0 unspecified atom stereocenters. The van der Waals surface area contributed by atoms with E-state index in [-0.39, 0.29) is 30.3 Å². The summed E-state index contributed by atoms with van der Waals surface area (Å²) in [5.41, 5.74) is 0.981. The minimum absolute atomic E-state index is 0.00970. The molecular weight excluding hydrogens is 364 g/mol. The normalized spacial score (nSPS) is 21.7. The van der Waals surface area contributed by atoms with Gasteiger partial charge in [0.15, 0.2) is 0 Å². The van der Waals surface area contributed by atoms with E-state index in [1.165, 1.54) is 0 Å². The van der Waals surface area contributed by atoms with Crippen LogP contribution in [0.25, 0.3) is 0 Å². The van der Waals surface area contributed by atoms with Gasteiger partial charge in [-0.25, -0.2) is 8.78 Å². The average Bonchev–Trinajstić information content (AvgIpc) is 2.70. The maximum Gasteiger partial charge on any atom is 0.251 e. The zero-order valence-electron chi connectivity index (χ0n) is 16.2. The Bertz CT molecular complexity index is 648. The molecule has 1 atom stereocenters. The molecule has 0 radical (unpaired) electrons. The minimum Gasteiger partial charge on any atom is -0.353 e. The van der Waals surface area contributed by atoms with Crippen LogP contribution in [0.5, 0.6) is 0 Å². The van der Waals surface area contributed by atoms with Crippen molar-refractivity contribution in [3.63, 3.8) is 0 Å². The van der Waals surface area contributed by atoms with Crippen LogP contribution in [0, 0.1) is 5.92 Å². The highest BCUT2D eigenvalue weighted by atomic mass is 19.3. The van der Waals surface area contributed by atoms with Crippen molar-refractivity contribution in [2.24, 2.45) is 5.92 Å². The summed E-state index contributed by atoms with van der Waals surface area (Å²) in [4.78, 5) is 28.8. The number of alkyl halides is 2. The maximum atomic E-state index is 12.7. The predicted octanol–water partition coefficient (Wildman–Crippen LogP) is 2.31. The molecule has 154 valence electrons. The number of hydrogen-bond acceptors (Lipinski definition) is 3. The molecule has 0 spiro atoms. The fourth-order valence-electron chi connectivity index (χ4n) is 4.07. The highest BCUT2D eigenvalue weighted by Gasteiger charge is 2.30. The quantitative estimate of drug-likeness (QED) is 0.807. The van der Waals surface area contributed by atoms with Crippen molar-refractivity contribution in [1.82, 2.24) is 15.1 Å². The summed E-state index contributed by atoms with van der Waals surface area (Å²) in [7, 11) is 0. The Labute approximate surface area is 165 Å². The highest BCUT2D eigenvalue weighted by molar-refractivity contribution is 5.82. The van der Waals surface area contributed by atoms with Crippen LogP contribution in [-0.2, 0) is 16.0 Å². The Balaban J connectivity index is 1.45. The lowest BCUT2D eigenvalue weighted by Gasteiger charge is -2.35. The molecule has 28 heavy (non-hydrogen) atoms. The zero-order chi connectivity index (χ0) is 19.9. The molecule has 2 saturated heterocycles. The summed E-state index contributed by atoms with van der Waals surface area (Å²) >= 11 is 0. The van der Waals surface area contributed by atoms with Gasteiger partial charge in [0.1, 0.15) is 0 Å². The van der Waals surface area contributed by atoms with Gasteiger partial charge in [0.25, 0.3) is 6.43 Å². The van der Waals surface area contributed by atoms with E-state index >= 15 is 0 Å². The molecule has 7 heteroatoms. The van der Waals surface area contributed by atoms with E-state index in [2.05, 4.69) is 5.32 Å². The number of likely N-dealkylation sites (tertiary alicyclic amines) is 2. The summed E-state index contributed by atoms with van der Waals surface area (Å²) in [5, 5.41) is 3.08. The second-order valence-electron chi connectivity index (χ2n) is 7.82. The number of piperidine rings is 2. The fraction of sp³-hybridized carbons (Fsp3) is 0.619. The Kier molecular flexibility index (Phi) is 7.36. The molecule has 2 aliphatic heterocycles. The van der Waals surface area contributed by atoms with Crippen LogP contribution in [-0.4, -0.2) is 66.8 Å². The smallest absolute Gasteiger partial charge is 0.251 e. The van der Waals surface area contributed by atoms with Gasteiger partial charge in [0, 0.05) is 32.2 Å². The van der Waals surface area contributed by atoms with E-state index in [4.69, 9.17) is 0 Å². The van der Waals surface area contributed by atoms with Crippen LogP contribution in [0.4, 0.5) is 8.78 Å². The van der Waals surface area contributed by atoms with E-state index < -0.39 is 6.43 Å². The van der Waals surface area contributed by atoms with Crippen LogP contribution in [0.15, 0.2) is 30.3 Å². The third kappa shape index (κ3) is 5.99. The monoisotopic (exact) mass is 393 g/mol. The van der Waals surface area contributed by atoms with Crippen LogP contribution in [0.2, 0.25) is 0 Å². The van der Waals surface area contributed by atoms with Gasteiger partial charge in [-0.15, -0.1) is 0 Å². The van der Waals surface area contributed by atoms with E-state index in [1.54, 1.807) is 9.80 Å². The molecule has 0 aliphatic carbocycles. The molecule has 2 fully saturated rings. The maximum absolute atomic E-state index is 12.7. The summed E-state index contributed by atoms with van der Waals surface area (Å²) in [5.74, 6) is -0.138. The average molecular weight is 393 g/mol. The minimum atomic E-state index is -2.31. The lowest BCUT2D eigenvalue weighted by Crippen LogP contribution is -2.50. The molecule has 2 heterocycles. The van der Waals surface area contributed by atoms with Crippen molar-refractivity contribution >= 4 is 11.8 Å². The van der Waals surface area contributed by atoms with Gasteiger partial charge in [-0.3, -0.25) is 14.5 Å². The van der Waals surface area contributed by atoms with Gasteiger partial charge in [-0.05, 0) is 31.2 Å². The van der Waals surface area contributed by atoms with E-state index in [1.807, 2.05) is 30.3 Å². The topological polar surface area (TPSA) is 52.7 Å². The number of benzene rings is 1. The van der Waals surface area contributed by atoms with Gasteiger partial charge < -0.3 is 10.2 Å². The molecule has 0 saturated carbocycles. The molecular formula is C21H29F2N3O2. The molecule has 1 aromatic carbocycles. The fourth-order valence-corrected chi connectivity index (χ4v) is 4.07. The first-order valence-electron chi connectivity index (χ1n) is 10.1. The summed E-state index contributed by atoms with van der Waals surface area (Å²) in [6, 6.07) is 9.67. The van der Waals surface area contributed by atoms with Gasteiger partial charge in [-0.1, -0.05) is 30.3 Å². The number of nitrogens with one attached hydrogen (secondary N) is 1. The number of nitrogens with zero attached hydrogens (tertiary/aromatic N) is 2. The third-order valence-electron chi connectivity index (χ3n) is 5.67. The van der Waals surface area contributed by atoms with Crippen molar-refractivity contribution in [2.45, 2.75) is 44.6 Å². The largest absolute Gasteiger partial charge is 0.353 e. The van der Waals surface area contributed by atoms with Crippen LogP contribution < -0.4 is 5.32 Å². The number of hydrogen-bond donors (Lipinski definition) is 1. The van der Waals surface area contributed by atoms with Crippen molar-refractivity contribution < 1.29 is 18.4 Å². The Morgan fingerprint density at radius 2 is 1.79 bits per heavy atom. The molecule has 2 amide bonds. The highest BCUT2D eigenvalue weighted by Crippen LogP contribution is 2.19. The summed E-state index contributed by atoms with van der Waals surface area (Å²) in [6.07, 6.45) is 1.05. The second-order valence-corrected chi connectivity index (χ2v) is 7.82. The van der Waals surface area contributed by atoms with Crippen LogP contribution in [0.3, 0.4) is 0 Å². The first-order chi connectivity index (χ1) is 13.5. The number of amides is 2. The third-order valence-corrected chi connectivity index (χ3v) is 5.67. The number of carbonyl (C=O) groups excluding carboxylic acids is 2. The van der Waals surface area contributed by atoms with Gasteiger partial charge in [-0.2, -0.15) is 0 Å². The van der Waals surface area contributed by atoms with Crippen molar-refractivity contribution in [1.29, 1.82) is 0 Å². The first kappa shape index (κ1) is 20.7. The molecule has 2 aliphatic rings. The second kappa shape index (κ2) is 9.96. The van der Waals surface area contributed by atoms with E-state index in [0.717, 1.165) is 18.4 Å². The summed E-state index contributed by atoms with van der Waals surface area (Å²) in [6.45, 7) is 2.13. The molecule has 3 rings (SSSR count). The molecule has 1 aromatic rings. The lowest BCUT2D eigenvalue weighted by molar-refractivity contribution is -0.135. The van der Waals surface area contributed by atoms with E-state index in [0.29, 0.717) is 45.4 Å². The summed E-state index contributed by atoms with van der Waals surface area (Å²) < 4.78 is 24.9. The van der Waals surface area contributed by atoms with Gasteiger partial charge in [0.05, 0.1) is 18.9 Å². The first-order valence-corrected chi connectivity index (χ1v) is 10.1.